The zero-order valence-corrected chi connectivity index (χ0v) is 15.6. The summed E-state index contributed by atoms with van der Waals surface area (Å²) in [7, 11) is -3.67. The number of aromatic nitrogens is 1. The SMILES string of the molecule is Cc1[nH]c(C(=O)Nc2ccccc2F)c(C)c1S(=O)(=O)N1CCCCC1. The van der Waals surface area contributed by atoms with E-state index in [1.165, 1.54) is 22.5 Å². The molecule has 1 amide bonds. The molecule has 0 radical (unpaired) electrons. The fraction of sp³-hybridized carbons (Fsp3) is 0.389. The molecule has 2 aromatic rings. The summed E-state index contributed by atoms with van der Waals surface area (Å²) in [6.07, 6.45) is 2.69. The van der Waals surface area contributed by atoms with Gasteiger partial charge in [-0.05, 0) is 44.4 Å². The van der Waals surface area contributed by atoms with Crippen molar-refractivity contribution in [2.45, 2.75) is 38.0 Å². The number of para-hydroxylation sites is 1. The van der Waals surface area contributed by atoms with Crippen LogP contribution >= 0.6 is 0 Å². The molecule has 1 aliphatic heterocycles. The zero-order valence-electron chi connectivity index (χ0n) is 14.8. The smallest absolute Gasteiger partial charge is 0.272 e. The Morgan fingerprint density at radius 1 is 1.15 bits per heavy atom. The second-order valence-electron chi connectivity index (χ2n) is 6.48. The highest BCUT2D eigenvalue weighted by Gasteiger charge is 2.32. The van der Waals surface area contributed by atoms with Gasteiger partial charge in [0.2, 0.25) is 10.0 Å². The van der Waals surface area contributed by atoms with Gasteiger partial charge in [0.05, 0.1) is 5.69 Å². The van der Waals surface area contributed by atoms with Crippen molar-refractivity contribution in [3.63, 3.8) is 0 Å². The number of rotatable bonds is 4. The third-order valence-corrected chi connectivity index (χ3v) is 6.80. The lowest BCUT2D eigenvalue weighted by atomic mass is 10.2. The molecule has 0 unspecified atom stereocenters. The highest BCUT2D eigenvalue weighted by molar-refractivity contribution is 7.89. The molecule has 0 aliphatic carbocycles. The van der Waals surface area contributed by atoms with Crippen molar-refractivity contribution in [2.75, 3.05) is 18.4 Å². The molecule has 0 atom stereocenters. The normalized spacial score (nSPS) is 15.8. The van der Waals surface area contributed by atoms with Gasteiger partial charge in [-0.3, -0.25) is 4.79 Å². The molecule has 1 fully saturated rings. The lowest BCUT2D eigenvalue weighted by Gasteiger charge is -2.26. The number of carbonyl (C=O) groups is 1. The minimum Gasteiger partial charge on any atom is -0.353 e. The maximum Gasteiger partial charge on any atom is 0.272 e. The van der Waals surface area contributed by atoms with E-state index < -0.39 is 21.7 Å². The summed E-state index contributed by atoms with van der Waals surface area (Å²) in [6, 6.07) is 5.83. The number of halogens is 1. The highest BCUT2D eigenvalue weighted by Crippen LogP contribution is 2.29. The maximum atomic E-state index is 13.8. The maximum absolute atomic E-state index is 13.8. The van der Waals surface area contributed by atoms with Crippen molar-refractivity contribution in [3.05, 3.63) is 47.0 Å². The number of amides is 1. The summed E-state index contributed by atoms with van der Waals surface area (Å²) in [5.74, 6) is -1.13. The molecular weight excluding hydrogens is 357 g/mol. The van der Waals surface area contributed by atoms with Crippen LogP contribution in [-0.4, -0.2) is 36.7 Å². The van der Waals surface area contributed by atoms with Crippen LogP contribution in [0.25, 0.3) is 0 Å². The quantitative estimate of drug-likeness (QED) is 0.856. The standard InChI is InChI=1S/C18H22FN3O3S/c1-12-16(18(23)21-15-9-5-4-8-14(15)19)20-13(2)17(12)26(24,25)22-10-6-3-7-11-22/h4-5,8-9,20H,3,6-7,10-11H2,1-2H3,(H,21,23). The summed E-state index contributed by atoms with van der Waals surface area (Å²) in [6.45, 7) is 4.20. The van der Waals surface area contributed by atoms with Crippen molar-refractivity contribution in [1.82, 2.24) is 9.29 Å². The Kier molecular flexibility index (Phi) is 5.15. The number of hydrogen-bond acceptors (Lipinski definition) is 3. The molecule has 1 aromatic carbocycles. The first-order chi connectivity index (χ1) is 12.3. The van der Waals surface area contributed by atoms with E-state index in [2.05, 4.69) is 10.3 Å². The molecule has 8 heteroatoms. The van der Waals surface area contributed by atoms with Gasteiger partial charge in [0.25, 0.3) is 5.91 Å². The van der Waals surface area contributed by atoms with Crippen molar-refractivity contribution in [2.24, 2.45) is 0 Å². The number of nitrogens with one attached hydrogen (secondary N) is 2. The summed E-state index contributed by atoms with van der Waals surface area (Å²) in [5.41, 5.74) is 0.930. The number of nitrogens with zero attached hydrogens (tertiary/aromatic N) is 1. The van der Waals surface area contributed by atoms with Crippen molar-refractivity contribution < 1.29 is 17.6 Å². The lowest BCUT2D eigenvalue weighted by Crippen LogP contribution is -2.36. The van der Waals surface area contributed by atoms with Gasteiger partial charge >= 0.3 is 0 Å². The third kappa shape index (κ3) is 3.39. The predicted octanol–water partition coefficient (Wildman–Crippen LogP) is 3.20. The summed E-state index contributed by atoms with van der Waals surface area (Å²) < 4.78 is 41.2. The van der Waals surface area contributed by atoms with Crippen LogP contribution in [-0.2, 0) is 10.0 Å². The number of sulfonamides is 1. The number of hydrogen-bond donors (Lipinski definition) is 2. The minimum atomic E-state index is -3.67. The van der Waals surface area contributed by atoms with Crippen LogP contribution in [0.4, 0.5) is 10.1 Å². The lowest BCUT2D eigenvalue weighted by molar-refractivity contribution is 0.102. The molecule has 1 saturated heterocycles. The first-order valence-corrected chi connectivity index (χ1v) is 10.0. The van der Waals surface area contributed by atoms with Gasteiger partial charge in [-0.25, -0.2) is 12.8 Å². The van der Waals surface area contributed by atoms with Crippen LogP contribution in [0.3, 0.4) is 0 Å². The van der Waals surface area contributed by atoms with Crippen molar-refractivity contribution >= 4 is 21.6 Å². The van der Waals surface area contributed by atoms with Crippen LogP contribution < -0.4 is 5.32 Å². The number of anilines is 1. The number of piperidine rings is 1. The molecule has 0 spiro atoms. The van der Waals surface area contributed by atoms with Gasteiger partial charge in [0.15, 0.2) is 0 Å². The topological polar surface area (TPSA) is 82.3 Å². The molecule has 26 heavy (non-hydrogen) atoms. The van der Waals surface area contributed by atoms with E-state index >= 15 is 0 Å². The van der Waals surface area contributed by atoms with Crippen LogP contribution in [0.2, 0.25) is 0 Å². The second-order valence-corrected chi connectivity index (χ2v) is 8.35. The minimum absolute atomic E-state index is 0.0459. The van der Waals surface area contributed by atoms with Gasteiger partial charge in [-0.2, -0.15) is 4.31 Å². The number of H-pyrrole nitrogens is 1. The number of benzene rings is 1. The van der Waals surface area contributed by atoms with E-state index in [4.69, 9.17) is 0 Å². The van der Waals surface area contributed by atoms with E-state index in [1.807, 2.05) is 0 Å². The van der Waals surface area contributed by atoms with E-state index in [9.17, 15) is 17.6 Å². The van der Waals surface area contributed by atoms with E-state index in [-0.39, 0.29) is 16.3 Å². The van der Waals surface area contributed by atoms with Crippen molar-refractivity contribution in [1.29, 1.82) is 0 Å². The molecule has 0 saturated carbocycles. The Bertz CT molecular complexity index is 931. The molecule has 3 rings (SSSR count). The molecule has 2 N–H and O–H groups in total. The second kappa shape index (κ2) is 7.20. The van der Waals surface area contributed by atoms with Gasteiger partial charge in [-0.1, -0.05) is 18.6 Å². The molecule has 2 heterocycles. The molecule has 1 aliphatic rings. The van der Waals surface area contributed by atoms with Gasteiger partial charge in [0, 0.05) is 18.8 Å². The fourth-order valence-electron chi connectivity index (χ4n) is 3.33. The molecule has 0 bridgehead atoms. The number of aryl methyl sites for hydroxylation is 1. The number of aromatic amines is 1. The number of carbonyl (C=O) groups excluding carboxylic acids is 1. The van der Waals surface area contributed by atoms with E-state index in [0.29, 0.717) is 24.3 Å². The Morgan fingerprint density at radius 2 is 1.81 bits per heavy atom. The van der Waals surface area contributed by atoms with Crippen LogP contribution in [0.1, 0.15) is 41.0 Å². The van der Waals surface area contributed by atoms with Crippen LogP contribution in [0.5, 0.6) is 0 Å². The fourth-order valence-corrected chi connectivity index (χ4v) is 5.25. The molecular formula is C18H22FN3O3S. The monoisotopic (exact) mass is 379 g/mol. The summed E-state index contributed by atoms with van der Waals surface area (Å²) in [5, 5.41) is 2.49. The van der Waals surface area contributed by atoms with Crippen molar-refractivity contribution in [3.8, 4) is 0 Å². The average molecular weight is 379 g/mol. The van der Waals surface area contributed by atoms with Crippen LogP contribution in [0, 0.1) is 19.7 Å². The van der Waals surface area contributed by atoms with Gasteiger partial charge < -0.3 is 10.3 Å². The predicted molar refractivity (Wildman–Crippen MR) is 97.2 cm³/mol. The molecule has 1 aromatic heterocycles. The van der Waals surface area contributed by atoms with Gasteiger partial charge in [0.1, 0.15) is 16.4 Å². The molecule has 6 nitrogen and oxygen atoms in total. The summed E-state index contributed by atoms with van der Waals surface area (Å²) >= 11 is 0. The highest BCUT2D eigenvalue weighted by atomic mass is 32.2. The average Bonchev–Trinajstić information content (AvgIpc) is 2.93. The van der Waals surface area contributed by atoms with Crippen LogP contribution in [0.15, 0.2) is 29.2 Å². The third-order valence-electron chi connectivity index (χ3n) is 4.63. The first-order valence-electron chi connectivity index (χ1n) is 8.57. The Balaban J connectivity index is 1.93. The van der Waals surface area contributed by atoms with Gasteiger partial charge in [-0.15, -0.1) is 0 Å². The first kappa shape index (κ1) is 18.6. The summed E-state index contributed by atoms with van der Waals surface area (Å²) in [4.78, 5) is 15.5. The Morgan fingerprint density at radius 3 is 2.46 bits per heavy atom. The molecule has 140 valence electrons. The van der Waals surface area contributed by atoms with E-state index in [1.54, 1.807) is 19.9 Å². The zero-order chi connectivity index (χ0) is 18.9. The Hall–Kier alpha value is -2.19. The largest absolute Gasteiger partial charge is 0.353 e. The van der Waals surface area contributed by atoms with E-state index in [0.717, 1.165) is 19.3 Å². The Labute approximate surface area is 152 Å².